The standard InChI is InChI=1S/C44H52ClN6O6P/c1-56-39-26-32(15-14-29(39)25-41-47-27-35(45)36(48-41)24-30-10-5-6-13-40(30)58(2,3)55)50-21-18-31(19-22-50)46-20-7-4-8-23-57-38-12-9-11-33-34(38)28-51(44(33)54)37-16-17-42(52)49-43(37)53/h5-6,9-15,26-27,31,37,46H,4,7-8,16-25,28H2,1-3H3,(H,49,52,53). The van der Waals surface area contributed by atoms with Crippen molar-refractivity contribution >= 4 is 47.5 Å². The molecule has 3 aliphatic heterocycles. The lowest BCUT2D eigenvalue weighted by Crippen LogP contribution is -2.52. The van der Waals surface area contributed by atoms with Crippen molar-refractivity contribution in [3.8, 4) is 11.5 Å². The molecule has 2 fully saturated rings. The van der Waals surface area contributed by atoms with E-state index in [1.54, 1.807) is 37.6 Å². The first kappa shape index (κ1) is 41.4. The average Bonchev–Trinajstić information content (AvgIpc) is 3.55. The third kappa shape index (κ3) is 9.73. The number of hydrogen-bond acceptors (Lipinski definition) is 10. The molecule has 12 nitrogen and oxygen atoms in total. The number of methoxy groups -OCH3 is 1. The number of carbonyl (C=O) groups excluding carboxylic acids is 3. The molecule has 1 atom stereocenters. The minimum atomic E-state index is -2.47. The Morgan fingerprint density at radius 2 is 1.74 bits per heavy atom. The zero-order chi connectivity index (χ0) is 40.8. The molecule has 7 rings (SSSR count). The molecule has 0 aliphatic carbocycles. The number of unbranched alkanes of at least 4 members (excludes halogenated alkanes) is 2. The number of imide groups is 1. The number of nitrogens with one attached hydrogen (secondary N) is 2. The van der Waals surface area contributed by atoms with Crippen LogP contribution in [0, 0.1) is 0 Å². The van der Waals surface area contributed by atoms with Crippen LogP contribution in [0.15, 0.2) is 66.9 Å². The van der Waals surface area contributed by atoms with Gasteiger partial charge < -0.3 is 29.2 Å². The summed E-state index contributed by atoms with van der Waals surface area (Å²) in [4.78, 5) is 50.4. The van der Waals surface area contributed by atoms with Crippen LogP contribution in [0.1, 0.15) is 83.5 Å². The van der Waals surface area contributed by atoms with E-state index in [4.69, 9.17) is 26.1 Å². The van der Waals surface area contributed by atoms with Crippen LogP contribution in [0.5, 0.6) is 11.5 Å². The molecule has 0 radical (unpaired) electrons. The molecule has 1 unspecified atom stereocenters. The molecule has 0 saturated carbocycles. The van der Waals surface area contributed by atoms with Crippen molar-refractivity contribution in [2.75, 3.05) is 51.6 Å². The summed E-state index contributed by atoms with van der Waals surface area (Å²) in [6, 6.07) is 19.4. The van der Waals surface area contributed by atoms with Crippen molar-refractivity contribution in [3.63, 3.8) is 0 Å². The van der Waals surface area contributed by atoms with Crippen molar-refractivity contribution in [3.05, 3.63) is 106 Å². The van der Waals surface area contributed by atoms with Crippen molar-refractivity contribution in [1.82, 2.24) is 25.5 Å². The average molecular weight is 827 g/mol. The zero-order valence-corrected chi connectivity index (χ0v) is 35.1. The van der Waals surface area contributed by atoms with Crippen LogP contribution < -0.4 is 30.3 Å². The predicted octanol–water partition coefficient (Wildman–Crippen LogP) is 6.14. The van der Waals surface area contributed by atoms with E-state index in [1.807, 2.05) is 36.4 Å². The molecule has 3 amide bonds. The SMILES string of the molecule is COc1cc(N2CCC(NCCCCCOc3cccc4c3CN(C3CCC(=O)NC3=O)C4=O)CC2)ccc1Cc1ncc(Cl)c(Cc2ccccc2P(C)(C)=O)n1. The van der Waals surface area contributed by atoms with E-state index < -0.39 is 19.1 Å². The van der Waals surface area contributed by atoms with Crippen LogP contribution in [-0.2, 0) is 33.5 Å². The van der Waals surface area contributed by atoms with Crippen molar-refractivity contribution in [1.29, 1.82) is 0 Å². The minimum absolute atomic E-state index is 0.192. The summed E-state index contributed by atoms with van der Waals surface area (Å²) in [6.07, 6.45) is 8.25. The number of halogens is 1. The second-order valence-corrected chi connectivity index (χ2v) is 19.3. The number of ether oxygens (including phenoxy) is 2. The van der Waals surface area contributed by atoms with Gasteiger partial charge in [-0.3, -0.25) is 19.7 Å². The summed E-state index contributed by atoms with van der Waals surface area (Å²) in [5.74, 6) is 1.23. The summed E-state index contributed by atoms with van der Waals surface area (Å²) in [6.45, 7) is 7.27. The number of anilines is 1. The van der Waals surface area contributed by atoms with Gasteiger partial charge in [-0.05, 0) is 82.2 Å². The second-order valence-electron chi connectivity index (χ2n) is 15.7. The number of nitrogens with zero attached hydrogens (tertiary/aromatic N) is 4. The molecule has 2 saturated heterocycles. The molecule has 2 N–H and O–H groups in total. The van der Waals surface area contributed by atoms with Gasteiger partial charge in [0, 0.05) is 78.3 Å². The van der Waals surface area contributed by atoms with Crippen LogP contribution in [0.2, 0.25) is 5.02 Å². The zero-order valence-electron chi connectivity index (χ0n) is 33.5. The number of amides is 3. The first-order chi connectivity index (χ1) is 28.0. The van der Waals surface area contributed by atoms with Gasteiger partial charge in [-0.15, -0.1) is 0 Å². The molecular weight excluding hydrogens is 775 g/mol. The van der Waals surface area contributed by atoms with Crippen molar-refractivity contribution in [2.45, 2.75) is 76.4 Å². The number of benzene rings is 3. The molecule has 0 spiro atoms. The highest BCUT2D eigenvalue weighted by Crippen LogP contribution is 2.37. The van der Waals surface area contributed by atoms with Crippen LogP contribution in [0.4, 0.5) is 5.69 Å². The number of carbonyl (C=O) groups is 3. The highest BCUT2D eigenvalue weighted by Gasteiger charge is 2.40. The molecule has 306 valence electrons. The van der Waals surface area contributed by atoms with Gasteiger partial charge in [0.15, 0.2) is 0 Å². The maximum atomic E-state index is 13.1. The maximum absolute atomic E-state index is 13.1. The van der Waals surface area contributed by atoms with E-state index in [2.05, 4.69) is 38.7 Å². The maximum Gasteiger partial charge on any atom is 0.255 e. The van der Waals surface area contributed by atoms with Crippen LogP contribution in [0.25, 0.3) is 0 Å². The molecule has 3 aromatic carbocycles. The largest absolute Gasteiger partial charge is 0.496 e. The van der Waals surface area contributed by atoms with Gasteiger partial charge in [-0.2, -0.15) is 0 Å². The Morgan fingerprint density at radius 3 is 2.52 bits per heavy atom. The summed E-state index contributed by atoms with van der Waals surface area (Å²) in [7, 11) is -0.775. The monoisotopic (exact) mass is 826 g/mol. The molecule has 1 aromatic heterocycles. The Labute approximate surface area is 345 Å². The molecule has 58 heavy (non-hydrogen) atoms. The molecule has 3 aliphatic rings. The molecule has 0 bridgehead atoms. The van der Waals surface area contributed by atoms with E-state index in [0.717, 1.165) is 85.2 Å². The Kier molecular flexibility index (Phi) is 13.2. The Hall–Kier alpha value is -4.77. The number of piperidine rings is 2. The van der Waals surface area contributed by atoms with E-state index >= 15 is 0 Å². The van der Waals surface area contributed by atoms with Gasteiger partial charge in [-0.1, -0.05) is 48.0 Å². The summed E-state index contributed by atoms with van der Waals surface area (Å²) in [5.41, 5.74) is 5.17. The number of rotatable bonds is 16. The minimum Gasteiger partial charge on any atom is -0.496 e. The van der Waals surface area contributed by atoms with Crippen LogP contribution in [0.3, 0.4) is 0 Å². The molecule has 14 heteroatoms. The number of aromatic nitrogens is 2. The van der Waals surface area contributed by atoms with Gasteiger partial charge in [0.25, 0.3) is 5.91 Å². The molecule has 4 heterocycles. The van der Waals surface area contributed by atoms with Crippen molar-refractivity contribution < 1.29 is 28.4 Å². The fourth-order valence-corrected chi connectivity index (χ4v) is 9.64. The highest BCUT2D eigenvalue weighted by atomic mass is 35.5. The quantitative estimate of drug-likeness (QED) is 0.0769. The fraction of sp³-hybridized carbons (Fsp3) is 0.432. The normalized spacial score (nSPS) is 17.4. The lowest BCUT2D eigenvalue weighted by Gasteiger charge is -2.34. The van der Waals surface area contributed by atoms with Crippen LogP contribution >= 0.6 is 18.7 Å². The van der Waals surface area contributed by atoms with Crippen molar-refractivity contribution in [2.24, 2.45) is 0 Å². The fourth-order valence-electron chi connectivity index (χ4n) is 8.19. The second kappa shape index (κ2) is 18.4. The highest BCUT2D eigenvalue weighted by molar-refractivity contribution is 7.70. The first-order valence-corrected chi connectivity index (χ1v) is 23.1. The number of hydrogen-bond donors (Lipinski definition) is 2. The smallest absolute Gasteiger partial charge is 0.255 e. The Morgan fingerprint density at radius 1 is 0.931 bits per heavy atom. The third-order valence-electron chi connectivity index (χ3n) is 11.3. The lowest BCUT2D eigenvalue weighted by atomic mass is 10.0. The van der Waals surface area contributed by atoms with Crippen LogP contribution in [-0.4, -0.2) is 91.4 Å². The predicted molar refractivity (Wildman–Crippen MR) is 226 cm³/mol. The Bertz CT molecular complexity index is 2200. The first-order valence-electron chi connectivity index (χ1n) is 20.2. The topological polar surface area (TPSA) is 143 Å². The summed E-state index contributed by atoms with van der Waals surface area (Å²) < 4.78 is 24.9. The third-order valence-corrected chi connectivity index (χ3v) is 13.2. The van der Waals surface area contributed by atoms with Gasteiger partial charge in [0.05, 0.1) is 31.0 Å². The van der Waals surface area contributed by atoms with E-state index in [1.165, 1.54) is 0 Å². The van der Waals surface area contributed by atoms with E-state index in [9.17, 15) is 18.9 Å². The molecular formula is C44H52ClN6O6P. The van der Waals surface area contributed by atoms with Gasteiger partial charge in [0.1, 0.15) is 30.5 Å². The Balaban J connectivity index is 0.835. The summed E-state index contributed by atoms with van der Waals surface area (Å²) in [5, 5.41) is 7.44. The van der Waals surface area contributed by atoms with Gasteiger partial charge in [0.2, 0.25) is 11.8 Å². The lowest BCUT2D eigenvalue weighted by molar-refractivity contribution is -0.136. The van der Waals surface area contributed by atoms with Gasteiger partial charge >= 0.3 is 0 Å². The summed E-state index contributed by atoms with van der Waals surface area (Å²) >= 11 is 6.55. The van der Waals surface area contributed by atoms with Gasteiger partial charge in [-0.25, -0.2) is 9.97 Å². The molecule has 4 aromatic rings. The number of fused-ring (bicyclic) bond motifs is 1. The van der Waals surface area contributed by atoms with E-state index in [0.29, 0.717) is 66.3 Å². The van der Waals surface area contributed by atoms with E-state index in [-0.39, 0.29) is 18.2 Å².